The number of carbonyl (C=O) groups excluding carboxylic acids is 1. The molecule has 0 amide bonds. The number of esters is 1. The molecule has 11 heavy (non-hydrogen) atoms. The molecule has 0 aromatic rings. The number of hydrogen-bond donors (Lipinski definition) is 1. The Hall–Kier alpha value is -0.150. The van der Waals surface area contributed by atoms with Crippen LogP contribution in [0.5, 0.6) is 0 Å². The topological polar surface area (TPSA) is 80.7 Å². The van der Waals surface area contributed by atoms with E-state index >= 15 is 0 Å². The molecule has 1 aliphatic rings. The van der Waals surface area contributed by atoms with Crippen molar-refractivity contribution in [2.24, 2.45) is 0 Å². The third-order valence-electron chi connectivity index (χ3n) is 1.05. The summed E-state index contributed by atoms with van der Waals surface area (Å²) in [5, 5.41) is -1.54. The minimum Gasteiger partial charge on any atom is -0.432 e. The molecular formula is C4H3IO5S. The number of ether oxygens (including phenoxy) is 1. The maximum absolute atomic E-state index is 10.6. The molecule has 0 aromatic heterocycles. The van der Waals surface area contributed by atoms with Crippen LogP contribution in [0.2, 0.25) is 0 Å². The molecule has 1 N–H and O–H groups in total. The van der Waals surface area contributed by atoms with Crippen LogP contribution in [0, 0.1) is 0 Å². The summed E-state index contributed by atoms with van der Waals surface area (Å²) in [5.41, 5.74) is 0. The summed E-state index contributed by atoms with van der Waals surface area (Å²) in [5.74, 6) is -0.961. The van der Waals surface area contributed by atoms with Crippen LogP contribution in [0.4, 0.5) is 0 Å². The average molecular weight is 290 g/mol. The van der Waals surface area contributed by atoms with E-state index in [9.17, 15) is 13.2 Å². The highest BCUT2D eigenvalue weighted by molar-refractivity contribution is 14.1. The predicted octanol–water partition coefficient (Wildman–Crippen LogP) is 0.0760. The molecule has 0 saturated heterocycles. The lowest BCUT2D eigenvalue weighted by Gasteiger charge is -2.00. The molecule has 0 bridgehead atoms. The highest BCUT2D eigenvalue weighted by Crippen LogP contribution is 2.25. The molecule has 0 aliphatic carbocycles. The van der Waals surface area contributed by atoms with Crippen molar-refractivity contribution in [2.75, 3.05) is 0 Å². The number of halogens is 1. The summed E-state index contributed by atoms with van der Waals surface area (Å²) in [6, 6.07) is 0. The number of cyclic esters (lactones) is 1. The zero-order valence-corrected chi connectivity index (χ0v) is 8.00. The summed E-state index contributed by atoms with van der Waals surface area (Å²) in [7, 11) is -4.35. The van der Waals surface area contributed by atoms with Crippen molar-refractivity contribution in [1.29, 1.82) is 0 Å². The van der Waals surface area contributed by atoms with Gasteiger partial charge in [-0.3, -0.25) is 4.55 Å². The third kappa shape index (κ3) is 1.71. The molecule has 0 aromatic carbocycles. The summed E-state index contributed by atoms with van der Waals surface area (Å²) in [4.78, 5) is 10.6. The Kier molecular flexibility index (Phi) is 2.21. The average Bonchev–Trinajstić information content (AvgIpc) is 2.08. The summed E-state index contributed by atoms with van der Waals surface area (Å²) in [6.45, 7) is 0. The van der Waals surface area contributed by atoms with E-state index in [1.807, 2.05) is 0 Å². The molecule has 1 unspecified atom stereocenters. The van der Waals surface area contributed by atoms with Gasteiger partial charge in [0.05, 0.1) is 3.58 Å². The molecule has 0 spiro atoms. The van der Waals surface area contributed by atoms with Crippen molar-refractivity contribution < 1.29 is 22.5 Å². The van der Waals surface area contributed by atoms with Gasteiger partial charge in [-0.15, -0.1) is 0 Å². The summed E-state index contributed by atoms with van der Waals surface area (Å²) >= 11 is 1.61. The molecule has 0 fully saturated rings. The van der Waals surface area contributed by atoms with Gasteiger partial charge in [-0.1, -0.05) is 0 Å². The fourth-order valence-corrected chi connectivity index (χ4v) is 2.60. The van der Waals surface area contributed by atoms with Crippen LogP contribution < -0.4 is 0 Å². The lowest BCUT2D eigenvalue weighted by atomic mass is 10.5. The molecule has 1 rings (SSSR count). The molecule has 1 atom stereocenters. The second-order valence-electron chi connectivity index (χ2n) is 1.83. The molecule has 7 heteroatoms. The van der Waals surface area contributed by atoms with E-state index < -0.39 is 21.3 Å². The van der Waals surface area contributed by atoms with Crippen molar-refractivity contribution >= 4 is 38.7 Å². The first kappa shape index (κ1) is 8.94. The minimum absolute atomic E-state index is 0.162. The van der Waals surface area contributed by atoms with Gasteiger partial charge < -0.3 is 4.74 Å². The van der Waals surface area contributed by atoms with Crippen LogP contribution in [-0.2, 0) is 19.6 Å². The lowest BCUT2D eigenvalue weighted by molar-refractivity contribution is -0.135. The van der Waals surface area contributed by atoms with Crippen LogP contribution >= 0.6 is 22.6 Å². The summed E-state index contributed by atoms with van der Waals surface area (Å²) < 4.78 is 33.8. The SMILES string of the molecule is O=C1OC=C(I)C1S(=O)(=O)O. The molecule has 1 heterocycles. The minimum atomic E-state index is -4.35. The zero-order chi connectivity index (χ0) is 8.65. The fourth-order valence-electron chi connectivity index (χ4n) is 0.614. The van der Waals surface area contributed by atoms with E-state index in [-0.39, 0.29) is 3.58 Å². The quantitative estimate of drug-likeness (QED) is 0.420. The number of carbonyl (C=O) groups is 1. The van der Waals surface area contributed by atoms with Gasteiger partial charge in [-0.2, -0.15) is 8.42 Å². The molecule has 0 saturated carbocycles. The largest absolute Gasteiger partial charge is 0.432 e. The Morgan fingerprint density at radius 1 is 1.64 bits per heavy atom. The van der Waals surface area contributed by atoms with E-state index in [1.54, 1.807) is 22.6 Å². The van der Waals surface area contributed by atoms with Gasteiger partial charge in [-0.25, -0.2) is 4.79 Å². The smallest absolute Gasteiger partial charge is 0.336 e. The van der Waals surface area contributed by atoms with Gasteiger partial charge in [0.1, 0.15) is 6.26 Å². The van der Waals surface area contributed by atoms with E-state index in [1.165, 1.54) is 0 Å². The molecule has 5 nitrogen and oxygen atoms in total. The van der Waals surface area contributed by atoms with Crippen LogP contribution in [0.3, 0.4) is 0 Å². The molecular weight excluding hydrogens is 287 g/mol. The first-order valence-electron chi connectivity index (χ1n) is 2.45. The van der Waals surface area contributed by atoms with E-state index in [2.05, 4.69) is 4.74 Å². The molecule has 1 aliphatic heterocycles. The lowest BCUT2D eigenvalue weighted by Crippen LogP contribution is -2.26. The van der Waals surface area contributed by atoms with Crippen molar-refractivity contribution in [3.63, 3.8) is 0 Å². The zero-order valence-electron chi connectivity index (χ0n) is 5.02. The number of hydrogen-bond acceptors (Lipinski definition) is 4. The Morgan fingerprint density at radius 2 is 2.18 bits per heavy atom. The van der Waals surface area contributed by atoms with Crippen LogP contribution in [-0.4, -0.2) is 24.2 Å². The Bertz CT molecular complexity index is 315. The van der Waals surface area contributed by atoms with Gasteiger partial charge in [0.15, 0.2) is 0 Å². The Labute approximate surface area is 76.3 Å². The van der Waals surface area contributed by atoms with Crippen molar-refractivity contribution in [1.82, 2.24) is 0 Å². The Balaban J connectivity index is 3.06. The van der Waals surface area contributed by atoms with E-state index in [0.29, 0.717) is 0 Å². The van der Waals surface area contributed by atoms with E-state index in [0.717, 1.165) is 6.26 Å². The van der Waals surface area contributed by atoms with Crippen molar-refractivity contribution in [3.8, 4) is 0 Å². The fraction of sp³-hybridized carbons (Fsp3) is 0.250. The standard InChI is InChI=1S/C4H3IO5S/c5-2-1-10-4(6)3(2)11(7,8)9/h1,3H,(H,7,8,9). The van der Waals surface area contributed by atoms with Crippen molar-refractivity contribution in [3.05, 3.63) is 9.84 Å². The van der Waals surface area contributed by atoms with Gasteiger partial charge in [0, 0.05) is 0 Å². The van der Waals surface area contributed by atoms with Crippen LogP contribution in [0.25, 0.3) is 0 Å². The second kappa shape index (κ2) is 2.72. The van der Waals surface area contributed by atoms with Crippen LogP contribution in [0.1, 0.15) is 0 Å². The monoisotopic (exact) mass is 290 g/mol. The van der Waals surface area contributed by atoms with E-state index in [4.69, 9.17) is 4.55 Å². The first-order chi connectivity index (χ1) is 4.93. The highest BCUT2D eigenvalue weighted by atomic mass is 127. The first-order valence-corrected chi connectivity index (χ1v) is 5.03. The number of rotatable bonds is 1. The van der Waals surface area contributed by atoms with Gasteiger partial charge in [0.2, 0.25) is 5.25 Å². The maximum atomic E-state index is 10.6. The maximum Gasteiger partial charge on any atom is 0.336 e. The van der Waals surface area contributed by atoms with Gasteiger partial charge in [0.25, 0.3) is 10.1 Å². The summed E-state index contributed by atoms with van der Waals surface area (Å²) in [6.07, 6.45) is 1.00. The highest BCUT2D eigenvalue weighted by Gasteiger charge is 2.39. The molecule has 0 radical (unpaired) electrons. The predicted molar refractivity (Wildman–Crippen MR) is 43.5 cm³/mol. The normalized spacial score (nSPS) is 24.7. The third-order valence-corrected chi connectivity index (χ3v) is 3.39. The second-order valence-corrected chi connectivity index (χ2v) is 4.58. The Morgan fingerprint density at radius 3 is 2.36 bits per heavy atom. The van der Waals surface area contributed by atoms with Crippen LogP contribution in [0.15, 0.2) is 9.84 Å². The van der Waals surface area contributed by atoms with Gasteiger partial charge in [-0.05, 0) is 22.6 Å². The molecule has 62 valence electrons. The van der Waals surface area contributed by atoms with Crippen molar-refractivity contribution in [2.45, 2.75) is 5.25 Å². The van der Waals surface area contributed by atoms with Gasteiger partial charge >= 0.3 is 5.97 Å².